The van der Waals surface area contributed by atoms with Gasteiger partial charge < -0.3 is 5.73 Å². The average Bonchev–Trinajstić information content (AvgIpc) is 2.32. The number of piperidine rings is 1. The third-order valence-electron chi connectivity index (χ3n) is 3.19. The van der Waals surface area contributed by atoms with E-state index in [2.05, 4.69) is 0 Å². The first-order valence-electron chi connectivity index (χ1n) is 5.93. The number of hydrogen-bond donors (Lipinski definition) is 1. The van der Waals surface area contributed by atoms with Crippen molar-refractivity contribution in [2.24, 2.45) is 5.73 Å². The topological polar surface area (TPSA) is 63.4 Å². The maximum atomic E-state index is 13.2. The van der Waals surface area contributed by atoms with Crippen molar-refractivity contribution in [3.8, 4) is 0 Å². The lowest BCUT2D eigenvalue weighted by atomic mass is 10.1. The van der Waals surface area contributed by atoms with Crippen molar-refractivity contribution in [2.45, 2.75) is 30.7 Å². The predicted molar refractivity (Wildman–Crippen MR) is 74.4 cm³/mol. The lowest BCUT2D eigenvalue weighted by molar-refractivity contribution is 0.316. The third kappa shape index (κ3) is 3.45. The summed E-state index contributed by atoms with van der Waals surface area (Å²) in [4.78, 5) is 0.135. The molecule has 0 amide bonds. The van der Waals surface area contributed by atoms with Gasteiger partial charge in [0.05, 0.1) is 4.90 Å². The van der Waals surface area contributed by atoms with E-state index in [9.17, 15) is 12.8 Å². The molecule has 1 saturated heterocycles. The quantitative estimate of drug-likeness (QED) is 0.904. The molecule has 1 atom stereocenters. The average molecular weight is 309 g/mol. The number of benzene rings is 1. The van der Waals surface area contributed by atoms with Gasteiger partial charge in [0.25, 0.3) is 0 Å². The predicted octanol–water partition coefficient (Wildman–Crippen LogP) is 1.67. The molecule has 7 heteroatoms. The standard InChI is InChI=1S/C12H17FN2O2S.ClH/c1-9-7-11(4-5-12(9)13)18(16,17)15-6-2-3-10(14)8-15;/h4-5,7,10H,2-3,6,8,14H2,1H3;1H. The smallest absolute Gasteiger partial charge is 0.243 e. The van der Waals surface area contributed by atoms with Crippen molar-refractivity contribution >= 4 is 22.4 Å². The second-order valence-corrected chi connectivity index (χ2v) is 6.61. The Hall–Kier alpha value is -0.690. The summed E-state index contributed by atoms with van der Waals surface area (Å²) < 4.78 is 39.2. The van der Waals surface area contributed by atoms with Crippen LogP contribution in [0, 0.1) is 12.7 Å². The molecule has 0 saturated carbocycles. The van der Waals surface area contributed by atoms with Gasteiger partial charge in [-0.25, -0.2) is 12.8 Å². The van der Waals surface area contributed by atoms with Gasteiger partial charge in [-0.05, 0) is 43.5 Å². The van der Waals surface area contributed by atoms with Crippen LogP contribution in [-0.4, -0.2) is 31.9 Å². The summed E-state index contributed by atoms with van der Waals surface area (Å²) in [6.45, 7) is 2.36. The summed E-state index contributed by atoms with van der Waals surface area (Å²) >= 11 is 0. The Bertz CT molecular complexity index is 551. The van der Waals surface area contributed by atoms with E-state index < -0.39 is 15.8 Å². The normalized spacial score (nSPS) is 20.9. The zero-order valence-electron chi connectivity index (χ0n) is 10.7. The van der Waals surface area contributed by atoms with Crippen molar-refractivity contribution in [1.29, 1.82) is 0 Å². The number of aryl methyl sites for hydroxylation is 1. The van der Waals surface area contributed by atoms with Gasteiger partial charge >= 0.3 is 0 Å². The Morgan fingerprint density at radius 3 is 2.68 bits per heavy atom. The van der Waals surface area contributed by atoms with Crippen LogP contribution in [0.25, 0.3) is 0 Å². The Morgan fingerprint density at radius 1 is 1.42 bits per heavy atom. The molecule has 1 aromatic carbocycles. The van der Waals surface area contributed by atoms with Gasteiger partial charge in [-0.1, -0.05) is 0 Å². The first kappa shape index (κ1) is 16.4. The van der Waals surface area contributed by atoms with E-state index >= 15 is 0 Å². The summed E-state index contributed by atoms with van der Waals surface area (Å²) in [6.07, 6.45) is 1.61. The minimum Gasteiger partial charge on any atom is -0.327 e. The van der Waals surface area contributed by atoms with Crippen LogP contribution in [0.2, 0.25) is 0 Å². The first-order valence-corrected chi connectivity index (χ1v) is 7.37. The Labute approximate surface area is 119 Å². The van der Waals surface area contributed by atoms with E-state index in [1.807, 2.05) is 0 Å². The highest BCUT2D eigenvalue weighted by molar-refractivity contribution is 7.89. The number of nitrogens with zero attached hydrogens (tertiary/aromatic N) is 1. The molecule has 108 valence electrons. The maximum absolute atomic E-state index is 13.2. The van der Waals surface area contributed by atoms with Crippen LogP contribution >= 0.6 is 12.4 Å². The highest BCUT2D eigenvalue weighted by atomic mass is 35.5. The molecule has 1 aliphatic heterocycles. The lowest BCUT2D eigenvalue weighted by Crippen LogP contribution is -2.45. The van der Waals surface area contributed by atoms with E-state index in [0.717, 1.165) is 12.8 Å². The van der Waals surface area contributed by atoms with Crippen molar-refractivity contribution in [3.63, 3.8) is 0 Å². The fourth-order valence-corrected chi connectivity index (χ4v) is 3.74. The summed E-state index contributed by atoms with van der Waals surface area (Å²) in [7, 11) is -3.55. The van der Waals surface area contributed by atoms with E-state index in [-0.39, 0.29) is 23.3 Å². The van der Waals surface area contributed by atoms with Crippen molar-refractivity contribution in [1.82, 2.24) is 4.31 Å². The van der Waals surface area contributed by atoms with E-state index in [4.69, 9.17) is 5.73 Å². The van der Waals surface area contributed by atoms with Gasteiger partial charge in [-0.3, -0.25) is 0 Å². The third-order valence-corrected chi connectivity index (χ3v) is 5.05. The highest BCUT2D eigenvalue weighted by Crippen LogP contribution is 2.21. The van der Waals surface area contributed by atoms with Gasteiger partial charge in [-0.2, -0.15) is 4.31 Å². The van der Waals surface area contributed by atoms with Crippen LogP contribution in [0.15, 0.2) is 23.1 Å². The van der Waals surface area contributed by atoms with Gasteiger partial charge in [0.1, 0.15) is 5.82 Å². The second kappa shape index (κ2) is 6.17. The van der Waals surface area contributed by atoms with E-state index in [1.54, 1.807) is 6.92 Å². The molecule has 0 aromatic heterocycles. The molecule has 1 aromatic rings. The van der Waals surface area contributed by atoms with Gasteiger partial charge in [0, 0.05) is 19.1 Å². The Kier molecular flexibility index (Phi) is 5.32. The zero-order valence-corrected chi connectivity index (χ0v) is 12.3. The highest BCUT2D eigenvalue weighted by Gasteiger charge is 2.29. The van der Waals surface area contributed by atoms with E-state index in [1.165, 1.54) is 22.5 Å². The van der Waals surface area contributed by atoms with Crippen LogP contribution < -0.4 is 5.73 Å². The molecule has 1 unspecified atom stereocenters. The van der Waals surface area contributed by atoms with Crippen LogP contribution in [-0.2, 0) is 10.0 Å². The molecule has 0 radical (unpaired) electrons. The summed E-state index contributed by atoms with van der Waals surface area (Å²) in [5.41, 5.74) is 6.12. The Balaban J connectivity index is 0.00000180. The molecule has 4 nitrogen and oxygen atoms in total. The summed E-state index contributed by atoms with van der Waals surface area (Å²) in [5.74, 6) is -0.399. The Morgan fingerprint density at radius 2 is 2.11 bits per heavy atom. The van der Waals surface area contributed by atoms with Crippen LogP contribution in [0.3, 0.4) is 0 Å². The molecule has 19 heavy (non-hydrogen) atoms. The number of rotatable bonds is 2. The van der Waals surface area contributed by atoms with Crippen molar-refractivity contribution in [3.05, 3.63) is 29.6 Å². The first-order chi connectivity index (χ1) is 8.41. The molecule has 1 heterocycles. The molecular weight excluding hydrogens is 291 g/mol. The van der Waals surface area contributed by atoms with Gasteiger partial charge in [0.2, 0.25) is 10.0 Å². The molecule has 2 N–H and O–H groups in total. The van der Waals surface area contributed by atoms with Gasteiger partial charge in [-0.15, -0.1) is 12.4 Å². The van der Waals surface area contributed by atoms with Crippen LogP contribution in [0.4, 0.5) is 4.39 Å². The summed E-state index contributed by atoms with van der Waals surface area (Å²) in [5, 5.41) is 0. The van der Waals surface area contributed by atoms with Crippen molar-refractivity contribution in [2.75, 3.05) is 13.1 Å². The molecule has 0 spiro atoms. The van der Waals surface area contributed by atoms with Crippen molar-refractivity contribution < 1.29 is 12.8 Å². The fraction of sp³-hybridized carbons (Fsp3) is 0.500. The summed E-state index contributed by atoms with van der Waals surface area (Å²) in [6, 6.07) is 3.74. The molecule has 2 rings (SSSR count). The zero-order chi connectivity index (χ0) is 13.3. The number of halogens is 2. The van der Waals surface area contributed by atoms with Gasteiger partial charge in [0.15, 0.2) is 0 Å². The minimum absolute atomic E-state index is 0. The van der Waals surface area contributed by atoms with Crippen LogP contribution in [0.5, 0.6) is 0 Å². The largest absolute Gasteiger partial charge is 0.327 e. The van der Waals surface area contributed by atoms with E-state index in [0.29, 0.717) is 18.7 Å². The molecule has 1 aliphatic rings. The fourth-order valence-electron chi connectivity index (χ4n) is 2.12. The minimum atomic E-state index is -3.55. The number of sulfonamides is 1. The lowest BCUT2D eigenvalue weighted by Gasteiger charge is -2.29. The SMILES string of the molecule is Cc1cc(S(=O)(=O)N2CCCC(N)C2)ccc1F.Cl. The number of hydrogen-bond acceptors (Lipinski definition) is 3. The monoisotopic (exact) mass is 308 g/mol. The molecule has 0 bridgehead atoms. The number of nitrogens with two attached hydrogens (primary N) is 1. The molecular formula is C12H18ClFN2O2S. The van der Waals surface area contributed by atoms with Crippen LogP contribution in [0.1, 0.15) is 18.4 Å². The second-order valence-electron chi connectivity index (χ2n) is 4.68. The molecule has 0 aliphatic carbocycles. The maximum Gasteiger partial charge on any atom is 0.243 e. The molecule has 1 fully saturated rings.